The molecule has 0 saturated heterocycles. The summed E-state index contributed by atoms with van der Waals surface area (Å²) in [5, 5.41) is 0.313. The molecule has 16 heavy (non-hydrogen) atoms. The van der Waals surface area contributed by atoms with Gasteiger partial charge in [0.05, 0.1) is 22.9 Å². The number of anilines is 1. The number of amides is 1. The van der Waals surface area contributed by atoms with Crippen LogP contribution < -0.4 is 16.2 Å². The largest absolute Gasteiger partial charge is 0.492 e. The molecule has 86 valence electrons. The lowest BCUT2D eigenvalue weighted by molar-refractivity contribution is 0.0996. The van der Waals surface area contributed by atoms with E-state index in [4.69, 9.17) is 27.8 Å². The zero-order valence-corrected chi connectivity index (χ0v) is 9.46. The van der Waals surface area contributed by atoms with Gasteiger partial charge in [0.15, 0.2) is 0 Å². The van der Waals surface area contributed by atoms with Crippen LogP contribution in [-0.2, 0) is 0 Å². The van der Waals surface area contributed by atoms with Crippen LogP contribution in [0.2, 0.25) is 5.02 Å². The SMILES string of the molecule is NC(=O)c1cc(Cl)c(N)cc1OCC1CC1. The maximum absolute atomic E-state index is 11.2. The zero-order valence-electron chi connectivity index (χ0n) is 8.70. The van der Waals surface area contributed by atoms with Crippen LogP contribution in [0, 0.1) is 5.92 Å². The van der Waals surface area contributed by atoms with Crippen molar-refractivity contribution in [1.29, 1.82) is 0 Å². The van der Waals surface area contributed by atoms with Gasteiger partial charge in [-0.3, -0.25) is 4.79 Å². The van der Waals surface area contributed by atoms with Crippen molar-refractivity contribution in [2.75, 3.05) is 12.3 Å². The molecule has 0 spiro atoms. The second kappa shape index (κ2) is 4.22. The van der Waals surface area contributed by atoms with Crippen LogP contribution in [0.4, 0.5) is 5.69 Å². The molecule has 1 fully saturated rings. The normalized spacial score (nSPS) is 14.8. The van der Waals surface area contributed by atoms with E-state index in [1.807, 2.05) is 0 Å². The molecule has 5 heteroatoms. The van der Waals surface area contributed by atoms with Crippen molar-refractivity contribution in [3.8, 4) is 5.75 Å². The Morgan fingerprint density at radius 2 is 2.19 bits per heavy atom. The van der Waals surface area contributed by atoms with E-state index < -0.39 is 5.91 Å². The molecule has 0 atom stereocenters. The molecule has 1 amide bonds. The van der Waals surface area contributed by atoms with Crippen molar-refractivity contribution in [3.63, 3.8) is 0 Å². The van der Waals surface area contributed by atoms with Gasteiger partial charge in [-0.15, -0.1) is 0 Å². The van der Waals surface area contributed by atoms with Gasteiger partial charge in [0.25, 0.3) is 5.91 Å². The average Bonchev–Trinajstić information content (AvgIpc) is 3.02. The molecule has 0 radical (unpaired) electrons. The van der Waals surface area contributed by atoms with E-state index >= 15 is 0 Å². The summed E-state index contributed by atoms with van der Waals surface area (Å²) in [4.78, 5) is 11.2. The smallest absolute Gasteiger partial charge is 0.252 e. The van der Waals surface area contributed by atoms with Crippen LogP contribution in [0.5, 0.6) is 5.75 Å². The van der Waals surface area contributed by atoms with E-state index in [0.717, 1.165) is 0 Å². The standard InChI is InChI=1S/C11H13ClN2O2/c12-8-3-7(11(14)15)10(4-9(8)13)16-5-6-1-2-6/h3-4,6H,1-2,5,13H2,(H2,14,15). The molecule has 0 unspecified atom stereocenters. The Balaban J connectivity index is 2.24. The summed E-state index contributed by atoms with van der Waals surface area (Å²) in [6.45, 7) is 0.599. The van der Waals surface area contributed by atoms with Gasteiger partial charge < -0.3 is 16.2 Å². The first-order valence-electron chi connectivity index (χ1n) is 5.09. The van der Waals surface area contributed by atoms with Gasteiger partial charge in [0, 0.05) is 6.07 Å². The third-order valence-electron chi connectivity index (χ3n) is 2.54. The van der Waals surface area contributed by atoms with Gasteiger partial charge in [-0.2, -0.15) is 0 Å². The quantitative estimate of drug-likeness (QED) is 0.788. The molecule has 0 heterocycles. The fourth-order valence-corrected chi connectivity index (χ4v) is 1.54. The van der Waals surface area contributed by atoms with E-state index in [-0.39, 0.29) is 5.56 Å². The van der Waals surface area contributed by atoms with E-state index in [9.17, 15) is 4.79 Å². The highest BCUT2D eigenvalue weighted by molar-refractivity contribution is 6.33. The lowest BCUT2D eigenvalue weighted by atomic mass is 10.1. The third-order valence-corrected chi connectivity index (χ3v) is 2.86. The lowest BCUT2D eigenvalue weighted by Gasteiger charge is -2.10. The molecule has 1 aliphatic rings. The highest BCUT2D eigenvalue weighted by atomic mass is 35.5. The first-order valence-corrected chi connectivity index (χ1v) is 5.47. The van der Waals surface area contributed by atoms with Gasteiger partial charge in [0.2, 0.25) is 0 Å². The van der Waals surface area contributed by atoms with Gasteiger partial charge in [-0.1, -0.05) is 11.6 Å². The summed E-state index contributed by atoms with van der Waals surface area (Å²) in [5.41, 5.74) is 11.5. The van der Waals surface area contributed by atoms with Crippen molar-refractivity contribution in [2.45, 2.75) is 12.8 Å². The number of carbonyl (C=O) groups is 1. The van der Waals surface area contributed by atoms with Crippen LogP contribution >= 0.6 is 11.6 Å². The summed E-state index contributed by atoms with van der Waals surface area (Å²) in [6, 6.07) is 2.99. The highest BCUT2D eigenvalue weighted by Gasteiger charge is 2.23. The first kappa shape index (κ1) is 11.1. The number of primary amides is 1. The van der Waals surface area contributed by atoms with E-state index in [1.54, 1.807) is 6.07 Å². The van der Waals surface area contributed by atoms with Gasteiger partial charge >= 0.3 is 0 Å². The Morgan fingerprint density at radius 3 is 2.75 bits per heavy atom. The predicted octanol–water partition coefficient (Wildman–Crippen LogP) is 1.81. The summed E-state index contributed by atoms with van der Waals surface area (Å²) in [7, 11) is 0. The van der Waals surface area contributed by atoms with Crippen LogP contribution in [-0.4, -0.2) is 12.5 Å². The molecular formula is C11H13ClN2O2. The summed E-state index contributed by atoms with van der Waals surface area (Å²) < 4.78 is 5.52. The maximum atomic E-state index is 11.2. The molecule has 0 aliphatic heterocycles. The topological polar surface area (TPSA) is 78.3 Å². The molecule has 2 rings (SSSR count). The Hall–Kier alpha value is -1.42. The molecular weight excluding hydrogens is 228 g/mol. The summed E-state index contributed by atoms with van der Waals surface area (Å²) >= 11 is 5.82. The van der Waals surface area contributed by atoms with Gasteiger partial charge in [-0.05, 0) is 24.8 Å². The second-order valence-electron chi connectivity index (χ2n) is 3.99. The Kier molecular flexibility index (Phi) is 2.92. The van der Waals surface area contributed by atoms with Crippen LogP contribution in [0.3, 0.4) is 0 Å². The fraction of sp³-hybridized carbons (Fsp3) is 0.364. The summed E-state index contributed by atoms with van der Waals surface area (Å²) in [6.07, 6.45) is 2.35. The zero-order chi connectivity index (χ0) is 11.7. The number of benzene rings is 1. The second-order valence-corrected chi connectivity index (χ2v) is 4.40. The number of ether oxygens (including phenoxy) is 1. The van der Waals surface area contributed by atoms with Gasteiger partial charge in [0.1, 0.15) is 5.75 Å². The molecule has 1 aromatic rings. The number of nitrogens with two attached hydrogens (primary N) is 2. The number of carbonyl (C=O) groups excluding carboxylic acids is 1. The monoisotopic (exact) mass is 240 g/mol. The fourth-order valence-electron chi connectivity index (χ4n) is 1.37. The minimum atomic E-state index is -0.562. The molecule has 0 aromatic heterocycles. The molecule has 1 aliphatic carbocycles. The van der Waals surface area contributed by atoms with E-state index in [1.165, 1.54) is 18.9 Å². The minimum absolute atomic E-state index is 0.278. The Labute approximate surface area is 98.5 Å². The van der Waals surface area contributed by atoms with Crippen molar-refractivity contribution in [2.24, 2.45) is 11.7 Å². The van der Waals surface area contributed by atoms with Crippen LogP contribution in [0.1, 0.15) is 23.2 Å². The Bertz CT molecular complexity index is 430. The number of halogens is 1. The number of hydrogen-bond donors (Lipinski definition) is 2. The lowest BCUT2D eigenvalue weighted by Crippen LogP contribution is -2.14. The Morgan fingerprint density at radius 1 is 1.50 bits per heavy atom. The average molecular weight is 241 g/mol. The molecule has 1 saturated carbocycles. The maximum Gasteiger partial charge on any atom is 0.252 e. The highest BCUT2D eigenvalue weighted by Crippen LogP contribution is 2.32. The predicted molar refractivity (Wildman–Crippen MR) is 62.6 cm³/mol. The van der Waals surface area contributed by atoms with Crippen molar-refractivity contribution in [1.82, 2.24) is 0 Å². The van der Waals surface area contributed by atoms with Crippen LogP contribution in [0.15, 0.2) is 12.1 Å². The van der Waals surface area contributed by atoms with Gasteiger partial charge in [-0.25, -0.2) is 0 Å². The minimum Gasteiger partial charge on any atom is -0.492 e. The van der Waals surface area contributed by atoms with Crippen LogP contribution in [0.25, 0.3) is 0 Å². The number of nitrogen functional groups attached to an aromatic ring is 1. The van der Waals surface area contributed by atoms with Crippen molar-refractivity contribution >= 4 is 23.2 Å². The van der Waals surface area contributed by atoms with Crippen molar-refractivity contribution in [3.05, 3.63) is 22.7 Å². The molecule has 1 aromatic carbocycles. The van der Waals surface area contributed by atoms with E-state index in [0.29, 0.717) is 29.0 Å². The van der Waals surface area contributed by atoms with E-state index in [2.05, 4.69) is 0 Å². The third kappa shape index (κ3) is 2.39. The van der Waals surface area contributed by atoms with Crippen molar-refractivity contribution < 1.29 is 9.53 Å². The number of rotatable bonds is 4. The molecule has 4 N–H and O–H groups in total. The molecule has 0 bridgehead atoms. The number of hydrogen-bond acceptors (Lipinski definition) is 3. The first-order chi connectivity index (χ1) is 7.58. The molecule has 4 nitrogen and oxygen atoms in total. The summed E-state index contributed by atoms with van der Waals surface area (Å²) in [5.74, 6) is 0.451.